The van der Waals surface area contributed by atoms with Crippen molar-refractivity contribution in [3.05, 3.63) is 119 Å². The quantitative estimate of drug-likeness (QED) is 0.353. The van der Waals surface area contributed by atoms with Crippen molar-refractivity contribution in [2.24, 2.45) is 0 Å². The molecule has 2 N–H and O–H groups in total. The van der Waals surface area contributed by atoms with Gasteiger partial charge in [0.25, 0.3) is 11.8 Å². The van der Waals surface area contributed by atoms with E-state index in [9.17, 15) is 9.59 Å². The second-order valence-corrected chi connectivity index (χ2v) is 7.58. The third-order valence-corrected chi connectivity index (χ3v) is 5.24. The topological polar surface area (TPSA) is 80.6 Å². The van der Waals surface area contributed by atoms with Gasteiger partial charge in [-0.05, 0) is 48.5 Å². The molecule has 3 aromatic carbocycles. The molecule has 0 unspecified atom stereocenters. The van der Waals surface area contributed by atoms with Crippen LogP contribution >= 0.6 is 11.6 Å². The van der Waals surface area contributed by atoms with Crippen LogP contribution in [0.4, 0.5) is 5.69 Å². The number of para-hydroxylation sites is 1. The van der Waals surface area contributed by atoms with Crippen LogP contribution in [0, 0.1) is 0 Å². The molecule has 1 heterocycles. The molecule has 2 amide bonds. The normalized spacial score (nSPS) is 10.5. The summed E-state index contributed by atoms with van der Waals surface area (Å²) in [6.45, 7) is 0.530. The number of anilines is 1. The van der Waals surface area contributed by atoms with Gasteiger partial charge < -0.3 is 19.8 Å². The molecule has 33 heavy (non-hydrogen) atoms. The van der Waals surface area contributed by atoms with Crippen LogP contribution in [-0.2, 0) is 13.2 Å². The lowest BCUT2D eigenvalue weighted by molar-refractivity contribution is 0.0949. The molecule has 0 radical (unpaired) electrons. The van der Waals surface area contributed by atoms with Crippen molar-refractivity contribution < 1.29 is 18.7 Å². The second-order valence-electron chi connectivity index (χ2n) is 7.17. The minimum Gasteiger partial charge on any atom is -0.489 e. The minimum absolute atomic E-state index is 0.249. The first kappa shape index (κ1) is 22.2. The van der Waals surface area contributed by atoms with E-state index in [1.807, 2.05) is 18.2 Å². The van der Waals surface area contributed by atoms with Crippen molar-refractivity contribution in [3.8, 4) is 5.75 Å². The molecule has 1 aromatic heterocycles. The summed E-state index contributed by atoms with van der Waals surface area (Å²) in [4.78, 5) is 25.5. The van der Waals surface area contributed by atoms with Crippen LogP contribution in [-0.4, -0.2) is 11.8 Å². The number of nitrogens with one attached hydrogen (secondary N) is 2. The lowest BCUT2D eigenvalue weighted by atomic mass is 10.1. The van der Waals surface area contributed by atoms with E-state index in [0.717, 1.165) is 5.56 Å². The van der Waals surface area contributed by atoms with Crippen LogP contribution in [0.1, 0.15) is 32.0 Å². The number of amides is 2. The standard InChI is InChI=1S/C26H21ClN2O4/c27-23-12-3-1-7-19(23)17-33-20-9-5-8-18(15-20)25(30)29-24-13-4-2-11-22(24)26(31)28-16-21-10-6-14-32-21/h1-15H,16-17H2,(H,28,31)(H,29,30). The Kier molecular flexibility index (Phi) is 7.07. The van der Waals surface area contributed by atoms with Gasteiger partial charge in [0.1, 0.15) is 18.1 Å². The van der Waals surface area contributed by atoms with Crippen LogP contribution in [0.2, 0.25) is 5.02 Å². The van der Waals surface area contributed by atoms with Crippen molar-refractivity contribution in [1.29, 1.82) is 0 Å². The Morgan fingerprint density at radius 2 is 1.70 bits per heavy atom. The predicted octanol–water partition coefficient (Wildman–Crippen LogP) is 5.69. The highest BCUT2D eigenvalue weighted by Crippen LogP contribution is 2.21. The molecule has 0 aliphatic rings. The van der Waals surface area contributed by atoms with E-state index in [1.165, 1.54) is 0 Å². The first-order valence-electron chi connectivity index (χ1n) is 10.3. The third-order valence-electron chi connectivity index (χ3n) is 4.87. The fourth-order valence-electron chi connectivity index (χ4n) is 3.16. The molecule has 0 fully saturated rings. The van der Waals surface area contributed by atoms with E-state index >= 15 is 0 Å². The Labute approximate surface area is 196 Å². The molecule has 0 atom stereocenters. The Balaban J connectivity index is 1.42. The molecule has 7 heteroatoms. The number of carbonyl (C=O) groups excluding carboxylic acids is 2. The monoisotopic (exact) mass is 460 g/mol. The van der Waals surface area contributed by atoms with Crippen LogP contribution in [0.25, 0.3) is 0 Å². The van der Waals surface area contributed by atoms with Crippen LogP contribution in [0.5, 0.6) is 5.75 Å². The summed E-state index contributed by atoms with van der Waals surface area (Å²) < 4.78 is 11.0. The van der Waals surface area contributed by atoms with Gasteiger partial charge in [0, 0.05) is 16.1 Å². The first-order chi connectivity index (χ1) is 16.1. The van der Waals surface area contributed by atoms with Gasteiger partial charge in [-0.3, -0.25) is 9.59 Å². The zero-order valence-corrected chi connectivity index (χ0v) is 18.3. The summed E-state index contributed by atoms with van der Waals surface area (Å²) in [5, 5.41) is 6.22. The Bertz CT molecular complexity index is 1250. The number of carbonyl (C=O) groups is 2. The van der Waals surface area contributed by atoms with Crippen LogP contribution in [0.3, 0.4) is 0 Å². The Hall–Kier alpha value is -4.03. The van der Waals surface area contributed by atoms with E-state index in [0.29, 0.717) is 33.3 Å². The highest BCUT2D eigenvalue weighted by molar-refractivity contribution is 6.31. The Morgan fingerprint density at radius 3 is 2.52 bits per heavy atom. The molecule has 0 bridgehead atoms. The number of halogens is 1. The molecule has 4 aromatic rings. The second kappa shape index (κ2) is 10.5. The van der Waals surface area contributed by atoms with Crippen molar-refractivity contribution in [2.45, 2.75) is 13.2 Å². The van der Waals surface area contributed by atoms with Crippen LogP contribution in [0.15, 0.2) is 95.6 Å². The molecular formula is C26H21ClN2O4. The van der Waals surface area contributed by atoms with Crippen molar-refractivity contribution >= 4 is 29.1 Å². The maximum atomic E-state index is 12.9. The number of ether oxygens (including phenoxy) is 1. The minimum atomic E-state index is -0.357. The van der Waals surface area contributed by atoms with E-state index in [-0.39, 0.29) is 25.0 Å². The van der Waals surface area contributed by atoms with E-state index < -0.39 is 0 Å². The fourth-order valence-corrected chi connectivity index (χ4v) is 3.35. The average molecular weight is 461 g/mol. The SMILES string of the molecule is O=C(Nc1ccccc1C(=O)NCc1ccco1)c1cccc(OCc2ccccc2Cl)c1. The van der Waals surface area contributed by atoms with Gasteiger partial charge in [-0.2, -0.15) is 0 Å². The third kappa shape index (κ3) is 5.81. The van der Waals surface area contributed by atoms with E-state index in [1.54, 1.807) is 73.0 Å². The summed E-state index contributed by atoms with van der Waals surface area (Å²) in [5.74, 6) is 0.495. The molecule has 0 aliphatic heterocycles. The summed E-state index contributed by atoms with van der Waals surface area (Å²) in [6.07, 6.45) is 1.54. The molecule has 0 saturated carbocycles. The molecule has 4 rings (SSSR count). The summed E-state index contributed by atoms with van der Waals surface area (Å²) in [6, 6.07) is 24.6. The molecule has 0 saturated heterocycles. The Morgan fingerprint density at radius 1 is 0.879 bits per heavy atom. The number of hydrogen-bond acceptors (Lipinski definition) is 4. The lowest BCUT2D eigenvalue weighted by Crippen LogP contribution is -2.24. The number of hydrogen-bond donors (Lipinski definition) is 2. The van der Waals surface area contributed by atoms with Crippen molar-refractivity contribution in [1.82, 2.24) is 5.32 Å². The van der Waals surface area contributed by atoms with Gasteiger partial charge in [-0.25, -0.2) is 0 Å². The summed E-state index contributed by atoms with van der Waals surface area (Å²) in [7, 11) is 0. The molecular weight excluding hydrogens is 440 g/mol. The zero-order valence-electron chi connectivity index (χ0n) is 17.6. The number of benzene rings is 3. The number of furan rings is 1. The lowest BCUT2D eigenvalue weighted by Gasteiger charge is -2.12. The van der Waals surface area contributed by atoms with Crippen LogP contribution < -0.4 is 15.4 Å². The van der Waals surface area contributed by atoms with E-state index in [2.05, 4.69) is 10.6 Å². The smallest absolute Gasteiger partial charge is 0.255 e. The average Bonchev–Trinajstić information content (AvgIpc) is 3.36. The first-order valence-corrected chi connectivity index (χ1v) is 10.6. The van der Waals surface area contributed by atoms with Crippen molar-refractivity contribution in [3.63, 3.8) is 0 Å². The fraction of sp³-hybridized carbons (Fsp3) is 0.0769. The summed E-state index contributed by atoms with van der Waals surface area (Å²) in [5.41, 5.74) is 2.01. The molecule has 0 aliphatic carbocycles. The molecule has 6 nitrogen and oxygen atoms in total. The van der Waals surface area contributed by atoms with Crippen molar-refractivity contribution in [2.75, 3.05) is 5.32 Å². The summed E-state index contributed by atoms with van der Waals surface area (Å²) >= 11 is 6.17. The predicted molar refractivity (Wildman–Crippen MR) is 126 cm³/mol. The highest BCUT2D eigenvalue weighted by Gasteiger charge is 2.15. The number of rotatable bonds is 8. The van der Waals surface area contributed by atoms with Gasteiger partial charge in [0.05, 0.1) is 24.1 Å². The molecule has 0 spiro atoms. The maximum absolute atomic E-state index is 12.9. The maximum Gasteiger partial charge on any atom is 0.255 e. The molecule has 166 valence electrons. The van der Waals surface area contributed by atoms with E-state index in [4.69, 9.17) is 20.8 Å². The van der Waals surface area contributed by atoms with Gasteiger partial charge in [-0.1, -0.05) is 48.0 Å². The van der Waals surface area contributed by atoms with Gasteiger partial charge >= 0.3 is 0 Å². The largest absolute Gasteiger partial charge is 0.489 e. The highest BCUT2D eigenvalue weighted by atomic mass is 35.5. The van der Waals surface area contributed by atoms with Gasteiger partial charge in [0.2, 0.25) is 0 Å². The van der Waals surface area contributed by atoms with Gasteiger partial charge in [-0.15, -0.1) is 0 Å². The zero-order chi connectivity index (χ0) is 23.0. The van der Waals surface area contributed by atoms with Gasteiger partial charge in [0.15, 0.2) is 0 Å².